The first-order chi connectivity index (χ1) is 6.95. The van der Waals surface area contributed by atoms with Crippen molar-refractivity contribution in [3.8, 4) is 0 Å². The van der Waals surface area contributed by atoms with Gasteiger partial charge in [0, 0.05) is 10.4 Å². The van der Waals surface area contributed by atoms with Crippen LogP contribution in [0.1, 0.15) is 22.6 Å². The molecule has 1 aromatic heterocycles. The molecule has 0 unspecified atom stereocenters. The Kier molecular flexibility index (Phi) is 2.55. The molecule has 0 radical (unpaired) electrons. The summed E-state index contributed by atoms with van der Waals surface area (Å²) in [6, 6.07) is 2.76. The van der Waals surface area contributed by atoms with E-state index < -0.39 is 11.1 Å². The fourth-order valence-electron chi connectivity index (χ4n) is 1.62. The summed E-state index contributed by atoms with van der Waals surface area (Å²) >= 11 is 0.857. The molecule has 1 nitrogen and oxygen atoms in total. The minimum Gasteiger partial charge on any atom is -0.314 e. The molecule has 1 aliphatic carbocycles. The lowest BCUT2D eigenvalue weighted by Crippen LogP contribution is -2.29. The third kappa shape index (κ3) is 2.34. The summed E-state index contributed by atoms with van der Waals surface area (Å²) < 4.78 is 37.0. The molecule has 1 fully saturated rings. The number of hydrogen-bond acceptors (Lipinski definition) is 2. The van der Waals surface area contributed by atoms with Crippen LogP contribution >= 0.6 is 11.3 Å². The van der Waals surface area contributed by atoms with Crippen LogP contribution in [0.5, 0.6) is 0 Å². The van der Waals surface area contributed by atoms with Crippen molar-refractivity contribution in [2.24, 2.45) is 0 Å². The molecule has 0 saturated heterocycles. The van der Waals surface area contributed by atoms with Gasteiger partial charge in [0.2, 0.25) is 0 Å². The van der Waals surface area contributed by atoms with Crippen molar-refractivity contribution in [3.63, 3.8) is 0 Å². The molecule has 15 heavy (non-hydrogen) atoms. The van der Waals surface area contributed by atoms with Crippen LogP contribution in [-0.4, -0.2) is 12.6 Å². The van der Waals surface area contributed by atoms with Crippen LogP contribution in [0.3, 0.4) is 0 Å². The van der Waals surface area contributed by atoms with E-state index in [9.17, 15) is 13.2 Å². The number of hydrogen-bond donors (Lipinski definition) is 1. The van der Waals surface area contributed by atoms with E-state index in [1.54, 1.807) is 6.07 Å². The molecular weight excluding hydrogens is 223 g/mol. The summed E-state index contributed by atoms with van der Waals surface area (Å²) in [6.45, 7) is 0. The molecule has 0 amide bonds. The zero-order chi connectivity index (χ0) is 11.1. The maximum atomic E-state index is 12.3. The number of alkyl halides is 3. The topological polar surface area (TPSA) is 12.0 Å². The lowest BCUT2D eigenvalue weighted by Gasteiger charge is -2.11. The van der Waals surface area contributed by atoms with E-state index in [4.69, 9.17) is 0 Å². The first-order valence-electron chi connectivity index (χ1n) is 4.80. The van der Waals surface area contributed by atoms with E-state index in [1.165, 1.54) is 6.07 Å². The molecule has 1 N–H and O–H groups in total. The van der Waals surface area contributed by atoms with Gasteiger partial charge in [-0.1, -0.05) is 0 Å². The van der Waals surface area contributed by atoms with Crippen LogP contribution in [0.15, 0.2) is 12.1 Å². The Morgan fingerprint density at radius 1 is 1.40 bits per heavy atom. The highest BCUT2D eigenvalue weighted by atomic mass is 32.1. The largest absolute Gasteiger partial charge is 0.425 e. The predicted octanol–water partition coefficient (Wildman–Crippen LogP) is 3.06. The zero-order valence-corrected chi connectivity index (χ0v) is 9.13. The van der Waals surface area contributed by atoms with Crippen LogP contribution in [0, 0.1) is 0 Å². The third-order valence-electron chi connectivity index (χ3n) is 2.84. The third-order valence-corrected chi connectivity index (χ3v) is 3.97. The van der Waals surface area contributed by atoms with Crippen LogP contribution in [0.25, 0.3) is 0 Å². The first kappa shape index (κ1) is 11.0. The van der Waals surface area contributed by atoms with Crippen molar-refractivity contribution in [2.75, 3.05) is 7.05 Å². The SMILES string of the molecule is CNC1(Cc2ccc(C(F)(F)F)s2)CC1. The lowest BCUT2D eigenvalue weighted by atomic mass is 10.1. The summed E-state index contributed by atoms with van der Waals surface area (Å²) in [4.78, 5) is 0.318. The van der Waals surface area contributed by atoms with E-state index in [0.29, 0.717) is 6.42 Å². The predicted molar refractivity (Wildman–Crippen MR) is 54.0 cm³/mol. The van der Waals surface area contributed by atoms with Gasteiger partial charge < -0.3 is 5.32 Å². The maximum absolute atomic E-state index is 12.3. The highest BCUT2D eigenvalue weighted by Crippen LogP contribution is 2.41. The van der Waals surface area contributed by atoms with Gasteiger partial charge in [0.15, 0.2) is 0 Å². The number of rotatable bonds is 3. The average Bonchev–Trinajstić information content (AvgIpc) is 2.73. The number of halogens is 3. The number of nitrogens with one attached hydrogen (secondary N) is 1. The molecule has 0 atom stereocenters. The van der Waals surface area contributed by atoms with Gasteiger partial charge in [-0.2, -0.15) is 13.2 Å². The molecule has 0 spiro atoms. The molecule has 0 aromatic carbocycles. The first-order valence-corrected chi connectivity index (χ1v) is 5.62. The minimum absolute atomic E-state index is 0.0771. The molecule has 0 bridgehead atoms. The Morgan fingerprint density at radius 3 is 2.47 bits per heavy atom. The van der Waals surface area contributed by atoms with Gasteiger partial charge in [0.1, 0.15) is 4.88 Å². The van der Waals surface area contributed by atoms with E-state index in [0.717, 1.165) is 29.1 Å². The highest BCUT2D eigenvalue weighted by molar-refractivity contribution is 7.12. The fraction of sp³-hybridized carbons (Fsp3) is 0.600. The molecule has 0 aliphatic heterocycles. The summed E-state index contributed by atoms with van der Waals surface area (Å²) in [5.41, 5.74) is 0.0771. The minimum atomic E-state index is -4.20. The van der Waals surface area contributed by atoms with Crippen molar-refractivity contribution >= 4 is 11.3 Å². The Balaban J connectivity index is 2.08. The van der Waals surface area contributed by atoms with Crippen molar-refractivity contribution in [1.82, 2.24) is 5.32 Å². The van der Waals surface area contributed by atoms with E-state index in [1.807, 2.05) is 7.05 Å². The lowest BCUT2D eigenvalue weighted by molar-refractivity contribution is -0.134. The van der Waals surface area contributed by atoms with Crippen LogP contribution in [0.4, 0.5) is 13.2 Å². The van der Waals surface area contributed by atoms with Crippen molar-refractivity contribution in [2.45, 2.75) is 31.0 Å². The summed E-state index contributed by atoms with van der Waals surface area (Å²) in [6.07, 6.45) is -1.37. The summed E-state index contributed by atoms with van der Waals surface area (Å²) in [5.74, 6) is 0. The second-order valence-corrected chi connectivity index (χ2v) is 5.14. The monoisotopic (exact) mass is 235 g/mol. The molecule has 1 aliphatic rings. The Labute approximate surface area is 90.3 Å². The molecule has 1 saturated carbocycles. The van der Waals surface area contributed by atoms with Gasteiger partial charge in [-0.25, -0.2) is 0 Å². The standard InChI is InChI=1S/C10H12F3NS/c1-14-9(4-5-9)6-7-2-3-8(15-7)10(11,12)13/h2-3,14H,4-6H2,1H3. The number of thiophene rings is 1. The van der Waals surface area contributed by atoms with E-state index in [2.05, 4.69) is 5.32 Å². The fourth-order valence-corrected chi connectivity index (χ4v) is 2.64. The second-order valence-electron chi connectivity index (χ2n) is 3.97. The Morgan fingerprint density at radius 2 is 2.07 bits per heavy atom. The molecular formula is C10H12F3NS. The highest BCUT2D eigenvalue weighted by Gasteiger charge is 2.41. The van der Waals surface area contributed by atoms with Gasteiger partial charge in [0.25, 0.3) is 0 Å². The van der Waals surface area contributed by atoms with Crippen LogP contribution in [0.2, 0.25) is 0 Å². The molecule has 5 heteroatoms. The molecule has 84 valence electrons. The van der Waals surface area contributed by atoms with Crippen molar-refractivity contribution < 1.29 is 13.2 Å². The molecule has 2 rings (SSSR count). The average molecular weight is 235 g/mol. The van der Waals surface area contributed by atoms with Gasteiger partial charge in [-0.3, -0.25) is 0 Å². The quantitative estimate of drug-likeness (QED) is 0.849. The van der Waals surface area contributed by atoms with Gasteiger partial charge >= 0.3 is 6.18 Å². The van der Waals surface area contributed by atoms with Crippen molar-refractivity contribution in [3.05, 3.63) is 21.9 Å². The van der Waals surface area contributed by atoms with Crippen molar-refractivity contribution in [1.29, 1.82) is 0 Å². The zero-order valence-electron chi connectivity index (χ0n) is 8.32. The maximum Gasteiger partial charge on any atom is 0.425 e. The smallest absolute Gasteiger partial charge is 0.314 e. The number of likely N-dealkylation sites (N-methyl/N-ethyl adjacent to an activating group) is 1. The normalized spacial score (nSPS) is 19.2. The summed E-state index contributed by atoms with van der Waals surface area (Å²) in [5, 5.41) is 3.17. The van der Waals surface area contributed by atoms with Gasteiger partial charge in [0.05, 0.1) is 0 Å². The molecule has 1 aromatic rings. The molecule has 1 heterocycles. The Bertz CT molecular complexity index is 352. The second kappa shape index (κ2) is 3.49. The van der Waals surface area contributed by atoms with Crippen LogP contribution in [-0.2, 0) is 12.6 Å². The van der Waals surface area contributed by atoms with E-state index >= 15 is 0 Å². The Hall–Kier alpha value is -0.550. The van der Waals surface area contributed by atoms with Gasteiger partial charge in [-0.15, -0.1) is 11.3 Å². The van der Waals surface area contributed by atoms with Gasteiger partial charge in [-0.05, 0) is 38.4 Å². The summed E-state index contributed by atoms with van der Waals surface area (Å²) in [7, 11) is 1.87. The van der Waals surface area contributed by atoms with Crippen LogP contribution < -0.4 is 5.32 Å². The van der Waals surface area contributed by atoms with E-state index in [-0.39, 0.29) is 5.54 Å².